The van der Waals surface area contributed by atoms with Crippen molar-refractivity contribution in [3.8, 4) is 0 Å². The van der Waals surface area contributed by atoms with E-state index >= 15 is 0 Å². The molecule has 0 saturated carbocycles. The van der Waals surface area contributed by atoms with Gasteiger partial charge < -0.3 is 16.2 Å². The molecule has 0 aliphatic rings. The van der Waals surface area contributed by atoms with Crippen molar-refractivity contribution >= 4 is 28.1 Å². The minimum Gasteiger partial charge on any atom is -0.478 e. The van der Waals surface area contributed by atoms with Gasteiger partial charge in [0, 0.05) is 28.9 Å². The summed E-state index contributed by atoms with van der Waals surface area (Å²) in [6, 6.07) is 4.59. The summed E-state index contributed by atoms with van der Waals surface area (Å²) in [4.78, 5) is 11.0. The molecule has 0 radical (unpaired) electrons. The molecule has 0 saturated heterocycles. The lowest BCUT2D eigenvalue weighted by Crippen LogP contribution is -2.24. The highest BCUT2D eigenvalue weighted by atomic mass is 32.2. The molecule has 2 unspecified atom stereocenters. The van der Waals surface area contributed by atoms with E-state index in [4.69, 9.17) is 10.8 Å². The van der Waals surface area contributed by atoms with Crippen LogP contribution in [-0.2, 0) is 10.8 Å². The van der Waals surface area contributed by atoms with Gasteiger partial charge in [-0.2, -0.15) is 0 Å². The third-order valence-corrected chi connectivity index (χ3v) is 3.17. The molecule has 94 valence electrons. The summed E-state index contributed by atoms with van der Waals surface area (Å²) in [7, 11) is -0.944. The summed E-state index contributed by atoms with van der Waals surface area (Å²) in [5, 5.41) is 12.0. The molecule has 0 spiro atoms. The van der Waals surface area contributed by atoms with Crippen molar-refractivity contribution < 1.29 is 14.1 Å². The van der Waals surface area contributed by atoms with Crippen LogP contribution in [0.5, 0.6) is 0 Å². The third kappa shape index (κ3) is 3.74. The van der Waals surface area contributed by atoms with Crippen molar-refractivity contribution in [2.24, 2.45) is 0 Å². The van der Waals surface area contributed by atoms with E-state index in [1.807, 2.05) is 6.92 Å². The van der Waals surface area contributed by atoms with E-state index in [-0.39, 0.29) is 11.6 Å². The van der Waals surface area contributed by atoms with E-state index in [0.717, 1.165) is 0 Å². The standard InChI is InChI=1S/C11H16N2O3S/c1-7(6-17(2)16)13-10-8(11(14)15)4-3-5-9(10)12/h3-5,7,13H,6,12H2,1-2H3,(H,14,15). The lowest BCUT2D eigenvalue weighted by atomic mass is 10.1. The Balaban J connectivity index is 2.96. The Morgan fingerprint density at radius 2 is 2.24 bits per heavy atom. The van der Waals surface area contributed by atoms with Gasteiger partial charge in [0.15, 0.2) is 0 Å². The van der Waals surface area contributed by atoms with Crippen molar-refractivity contribution in [3.05, 3.63) is 23.8 Å². The van der Waals surface area contributed by atoms with Crippen molar-refractivity contribution in [2.45, 2.75) is 13.0 Å². The number of carboxylic acid groups (broad SMARTS) is 1. The van der Waals surface area contributed by atoms with Crippen LogP contribution in [0.3, 0.4) is 0 Å². The number of anilines is 2. The van der Waals surface area contributed by atoms with Crippen LogP contribution in [0.4, 0.5) is 11.4 Å². The Labute approximate surface area is 102 Å². The first-order valence-corrected chi connectivity index (χ1v) is 6.83. The molecular weight excluding hydrogens is 240 g/mol. The number of nitrogens with two attached hydrogens (primary N) is 1. The highest BCUT2D eigenvalue weighted by molar-refractivity contribution is 7.84. The fourth-order valence-electron chi connectivity index (χ4n) is 1.55. The Morgan fingerprint density at radius 1 is 1.59 bits per heavy atom. The van der Waals surface area contributed by atoms with E-state index in [0.29, 0.717) is 17.1 Å². The average molecular weight is 256 g/mol. The minimum absolute atomic E-state index is 0.108. The lowest BCUT2D eigenvalue weighted by molar-refractivity contribution is 0.0698. The zero-order valence-electron chi connectivity index (χ0n) is 9.77. The molecule has 4 N–H and O–H groups in total. The number of hydrogen-bond donors (Lipinski definition) is 3. The summed E-state index contributed by atoms with van der Waals surface area (Å²) >= 11 is 0. The molecule has 0 aliphatic carbocycles. The number of para-hydroxylation sites is 1. The fourth-order valence-corrected chi connectivity index (χ4v) is 2.34. The number of aromatic carboxylic acids is 1. The smallest absolute Gasteiger partial charge is 0.337 e. The van der Waals surface area contributed by atoms with E-state index < -0.39 is 16.8 Å². The molecule has 5 nitrogen and oxygen atoms in total. The molecule has 0 aliphatic heterocycles. The maximum Gasteiger partial charge on any atom is 0.337 e. The lowest BCUT2D eigenvalue weighted by Gasteiger charge is -2.17. The zero-order chi connectivity index (χ0) is 13.0. The summed E-state index contributed by atoms with van der Waals surface area (Å²) < 4.78 is 11.1. The summed E-state index contributed by atoms with van der Waals surface area (Å²) in [6.45, 7) is 1.83. The topological polar surface area (TPSA) is 92.4 Å². The fraction of sp³-hybridized carbons (Fsp3) is 0.364. The van der Waals surface area contributed by atoms with Crippen LogP contribution in [0.1, 0.15) is 17.3 Å². The molecule has 0 bridgehead atoms. The van der Waals surface area contributed by atoms with Crippen LogP contribution in [-0.4, -0.2) is 33.3 Å². The maximum absolute atomic E-state index is 11.1. The molecule has 1 aromatic carbocycles. The van der Waals surface area contributed by atoms with Gasteiger partial charge in [0.2, 0.25) is 0 Å². The van der Waals surface area contributed by atoms with Crippen LogP contribution in [0.25, 0.3) is 0 Å². The normalized spacial score (nSPS) is 14.0. The van der Waals surface area contributed by atoms with E-state index in [2.05, 4.69) is 5.32 Å². The van der Waals surface area contributed by atoms with Crippen molar-refractivity contribution in [1.82, 2.24) is 0 Å². The number of rotatable bonds is 5. The molecule has 6 heteroatoms. The zero-order valence-corrected chi connectivity index (χ0v) is 10.6. The quantitative estimate of drug-likeness (QED) is 0.687. The summed E-state index contributed by atoms with van der Waals surface area (Å²) in [6.07, 6.45) is 1.60. The van der Waals surface area contributed by atoms with Gasteiger partial charge in [0.05, 0.1) is 16.9 Å². The SMILES string of the molecule is CC(CS(C)=O)Nc1c(N)cccc1C(=O)O. The monoisotopic (exact) mass is 256 g/mol. The molecule has 2 atom stereocenters. The van der Waals surface area contributed by atoms with Crippen molar-refractivity contribution in [3.63, 3.8) is 0 Å². The first-order chi connectivity index (χ1) is 7.91. The van der Waals surface area contributed by atoms with E-state index in [9.17, 15) is 9.00 Å². The van der Waals surface area contributed by atoms with Crippen LogP contribution >= 0.6 is 0 Å². The second-order valence-electron chi connectivity index (χ2n) is 3.86. The number of carbonyl (C=O) groups is 1. The number of nitrogen functional groups attached to an aromatic ring is 1. The second kappa shape index (κ2) is 5.67. The molecule has 17 heavy (non-hydrogen) atoms. The average Bonchev–Trinajstić information content (AvgIpc) is 2.19. The molecule has 0 fully saturated rings. The molecule has 1 rings (SSSR count). The van der Waals surface area contributed by atoms with E-state index in [1.165, 1.54) is 6.07 Å². The second-order valence-corrected chi connectivity index (χ2v) is 5.34. The predicted molar refractivity (Wildman–Crippen MR) is 69.8 cm³/mol. The number of nitrogens with one attached hydrogen (secondary N) is 1. The third-order valence-electron chi connectivity index (χ3n) is 2.20. The molecule has 0 amide bonds. The Hall–Kier alpha value is -1.56. The van der Waals surface area contributed by atoms with Gasteiger partial charge in [-0.05, 0) is 19.1 Å². The van der Waals surface area contributed by atoms with Gasteiger partial charge in [-0.1, -0.05) is 6.07 Å². The van der Waals surface area contributed by atoms with E-state index in [1.54, 1.807) is 18.4 Å². The number of hydrogen-bond acceptors (Lipinski definition) is 4. The predicted octanol–water partition coefficient (Wildman–Crippen LogP) is 1.15. The van der Waals surface area contributed by atoms with Crippen molar-refractivity contribution in [2.75, 3.05) is 23.1 Å². The van der Waals surface area contributed by atoms with Gasteiger partial charge in [-0.3, -0.25) is 4.21 Å². The summed E-state index contributed by atoms with van der Waals surface area (Å²) in [5.41, 5.74) is 6.62. The van der Waals surface area contributed by atoms with Gasteiger partial charge >= 0.3 is 5.97 Å². The highest BCUT2D eigenvalue weighted by Crippen LogP contribution is 2.24. The first-order valence-electron chi connectivity index (χ1n) is 5.10. The van der Waals surface area contributed by atoms with Gasteiger partial charge in [0.25, 0.3) is 0 Å². The largest absolute Gasteiger partial charge is 0.478 e. The van der Waals surface area contributed by atoms with Gasteiger partial charge in [0.1, 0.15) is 0 Å². The van der Waals surface area contributed by atoms with Crippen LogP contribution < -0.4 is 11.1 Å². The van der Waals surface area contributed by atoms with Gasteiger partial charge in [-0.25, -0.2) is 4.79 Å². The highest BCUT2D eigenvalue weighted by Gasteiger charge is 2.14. The molecule has 0 heterocycles. The molecular formula is C11H16N2O3S. The summed E-state index contributed by atoms with van der Waals surface area (Å²) in [5.74, 6) is -0.599. The van der Waals surface area contributed by atoms with Crippen LogP contribution in [0.2, 0.25) is 0 Å². The molecule has 0 aromatic heterocycles. The number of benzene rings is 1. The minimum atomic E-state index is -1.04. The Bertz CT molecular complexity index is 448. The number of carboxylic acids is 1. The van der Waals surface area contributed by atoms with Crippen LogP contribution in [0, 0.1) is 0 Å². The Kier molecular flexibility index (Phi) is 4.51. The van der Waals surface area contributed by atoms with Crippen LogP contribution in [0.15, 0.2) is 18.2 Å². The Morgan fingerprint density at radius 3 is 2.76 bits per heavy atom. The maximum atomic E-state index is 11.1. The molecule has 1 aromatic rings. The van der Waals surface area contributed by atoms with Gasteiger partial charge in [-0.15, -0.1) is 0 Å². The van der Waals surface area contributed by atoms with Crippen molar-refractivity contribution in [1.29, 1.82) is 0 Å². The first kappa shape index (κ1) is 13.5.